The van der Waals surface area contributed by atoms with E-state index in [4.69, 9.17) is 9.47 Å². The summed E-state index contributed by atoms with van der Waals surface area (Å²) in [6.45, 7) is 1.34. The number of ketones is 1. The number of sulfonamides is 1. The Hall–Kier alpha value is -3.53. The number of hydrogen-bond donors (Lipinski definition) is 0. The molecule has 9 heteroatoms. The molecule has 0 aliphatic carbocycles. The number of methoxy groups -OCH3 is 1. The summed E-state index contributed by atoms with van der Waals surface area (Å²) >= 11 is 0. The first-order valence-corrected chi connectivity index (χ1v) is 13.6. The van der Waals surface area contributed by atoms with Gasteiger partial charge in [-0.3, -0.25) is 9.59 Å². The fourth-order valence-corrected chi connectivity index (χ4v) is 6.54. The Labute approximate surface area is 216 Å². The van der Waals surface area contributed by atoms with Crippen LogP contribution >= 0.6 is 0 Å². The van der Waals surface area contributed by atoms with Crippen molar-refractivity contribution in [2.45, 2.75) is 36.9 Å². The van der Waals surface area contributed by atoms with E-state index in [1.807, 2.05) is 54.6 Å². The zero-order valence-electron chi connectivity index (χ0n) is 20.5. The van der Waals surface area contributed by atoms with Gasteiger partial charge in [0.2, 0.25) is 10.0 Å². The smallest absolute Gasteiger partial charge is 0.299 e. The number of fused-ring (bicyclic) bond motifs is 1. The molecule has 2 heterocycles. The van der Waals surface area contributed by atoms with Crippen molar-refractivity contribution in [2.75, 3.05) is 25.2 Å². The van der Waals surface area contributed by atoms with Crippen LogP contribution in [0.15, 0.2) is 77.7 Å². The summed E-state index contributed by atoms with van der Waals surface area (Å²) in [5.74, 6) is -0.683. The Kier molecular flexibility index (Phi) is 7.10. The van der Waals surface area contributed by atoms with Gasteiger partial charge in [0.1, 0.15) is 12.4 Å². The van der Waals surface area contributed by atoms with Crippen molar-refractivity contribution in [1.29, 1.82) is 0 Å². The number of rotatable bonds is 9. The van der Waals surface area contributed by atoms with Crippen LogP contribution in [0, 0.1) is 0 Å². The molecular weight excluding hydrogens is 492 g/mol. The standard InChI is InChI=1S/C28H28N2O6S/c1-35-19-22-8-5-15-30(22)37(33,34)24-13-14-26-25(16-24)27(31)28(32)29(26)17-20-9-11-23(12-10-20)36-18-21-6-3-2-4-7-21/h2-4,6-7,9-14,16,22H,5,8,15,17-19H2,1H3/t22-/m0/s1. The lowest BCUT2D eigenvalue weighted by molar-refractivity contribution is -0.114. The van der Waals surface area contributed by atoms with Crippen LogP contribution in [0.5, 0.6) is 5.75 Å². The molecule has 1 amide bonds. The fraction of sp³-hybridized carbons (Fsp3) is 0.286. The quantitative estimate of drug-likeness (QED) is 0.399. The second-order valence-electron chi connectivity index (χ2n) is 9.18. The van der Waals surface area contributed by atoms with Crippen molar-refractivity contribution in [2.24, 2.45) is 0 Å². The maximum atomic E-state index is 13.3. The monoisotopic (exact) mass is 520 g/mol. The second kappa shape index (κ2) is 10.5. The molecule has 5 rings (SSSR count). The number of benzene rings is 3. The van der Waals surface area contributed by atoms with Gasteiger partial charge in [0.05, 0.1) is 29.3 Å². The van der Waals surface area contributed by atoms with E-state index in [0.717, 1.165) is 24.0 Å². The molecular formula is C28H28N2O6S. The molecule has 3 aromatic carbocycles. The van der Waals surface area contributed by atoms with Crippen molar-refractivity contribution in [3.8, 4) is 5.75 Å². The molecule has 192 valence electrons. The number of nitrogens with zero attached hydrogens (tertiary/aromatic N) is 2. The van der Waals surface area contributed by atoms with E-state index in [-0.39, 0.29) is 23.0 Å². The van der Waals surface area contributed by atoms with Gasteiger partial charge in [-0.15, -0.1) is 0 Å². The lowest BCUT2D eigenvalue weighted by Crippen LogP contribution is -2.38. The zero-order valence-corrected chi connectivity index (χ0v) is 21.3. The average molecular weight is 521 g/mol. The van der Waals surface area contributed by atoms with Gasteiger partial charge in [0, 0.05) is 19.7 Å². The second-order valence-corrected chi connectivity index (χ2v) is 11.1. The highest BCUT2D eigenvalue weighted by atomic mass is 32.2. The molecule has 0 N–H and O–H groups in total. The molecule has 2 aliphatic rings. The van der Waals surface area contributed by atoms with E-state index in [1.165, 1.54) is 21.3 Å². The van der Waals surface area contributed by atoms with Crippen molar-refractivity contribution >= 4 is 27.4 Å². The van der Waals surface area contributed by atoms with Crippen LogP contribution in [0.4, 0.5) is 5.69 Å². The van der Waals surface area contributed by atoms with Gasteiger partial charge >= 0.3 is 0 Å². The summed E-state index contributed by atoms with van der Waals surface area (Å²) in [4.78, 5) is 27.0. The van der Waals surface area contributed by atoms with Gasteiger partial charge in [-0.2, -0.15) is 4.31 Å². The third-order valence-corrected chi connectivity index (χ3v) is 8.69. The van der Waals surface area contributed by atoms with E-state index in [2.05, 4.69) is 0 Å². The first-order valence-electron chi connectivity index (χ1n) is 12.1. The van der Waals surface area contributed by atoms with Crippen molar-refractivity contribution in [3.63, 3.8) is 0 Å². The summed E-state index contributed by atoms with van der Waals surface area (Å²) in [5.41, 5.74) is 2.39. The van der Waals surface area contributed by atoms with Crippen LogP contribution in [-0.4, -0.2) is 50.7 Å². The molecule has 0 spiro atoms. The summed E-state index contributed by atoms with van der Waals surface area (Å²) < 4.78 is 39.0. The Bertz CT molecular complexity index is 1410. The molecule has 3 aromatic rings. The molecule has 0 radical (unpaired) electrons. The minimum Gasteiger partial charge on any atom is -0.489 e. The first kappa shape index (κ1) is 25.1. The zero-order chi connectivity index (χ0) is 26.0. The Morgan fingerprint density at radius 1 is 0.946 bits per heavy atom. The number of hydrogen-bond acceptors (Lipinski definition) is 6. The Balaban J connectivity index is 1.32. The molecule has 0 unspecified atom stereocenters. The summed E-state index contributed by atoms with van der Waals surface area (Å²) in [5, 5.41) is 0. The summed E-state index contributed by atoms with van der Waals surface area (Å²) in [7, 11) is -2.28. The maximum Gasteiger partial charge on any atom is 0.299 e. The third kappa shape index (κ3) is 5.02. The van der Waals surface area contributed by atoms with Crippen LogP contribution in [-0.2, 0) is 32.7 Å². The fourth-order valence-electron chi connectivity index (χ4n) is 4.83. The summed E-state index contributed by atoms with van der Waals surface area (Å²) in [6, 6.07) is 21.3. The van der Waals surface area contributed by atoms with Crippen molar-refractivity contribution in [1.82, 2.24) is 4.31 Å². The van der Waals surface area contributed by atoms with E-state index in [0.29, 0.717) is 31.2 Å². The number of carbonyl (C=O) groups is 2. The Morgan fingerprint density at radius 2 is 1.70 bits per heavy atom. The van der Waals surface area contributed by atoms with Gasteiger partial charge in [0.25, 0.3) is 11.7 Å². The molecule has 37 heavy (non-hydrogen) atoms. The predicted molar refractivity (Wildman–Crippen MR) is 138 cm³/mol. The number of Topliss-reactive ketones (excluding diaryl/α,β-unsaturated/α-hetero) is 1. The molecule has 0 aromatic heterocycles. The van der Waals surface area contributed by atoms with Gasteiger partial charge in [0.15, 0.2) is 0 Å². The van der Waals surface area contributed by atoms with Crippen molar-refractivity contribution < 1.29 is 27.5 Å². The van der Waals surface area contributed by atoms with Gasteiger partial charge < -0.3 is 14.4 Å². The largest absolute Gasteiger partial charge is 0.489 e. The van der Waals surface area contributed by atoms with Gasteiger partial charge in [-0.1, -0.05) is 42.5 Å². The number of carbonyl (C=O) groups excluding carboxylic acids is 2. The average Bonchev–Trinajstić information content (AvgIpc) is 3.48. The highest BCUT2D eigenvalue weighted by Crippen LogP contribution is 2.34. The van der Waals surface area contributed by atoms with Crippen LogP contribution in [0.3, 0.4) is 0 Å². The number of anilines is 1. The van der Waals surface area contributed by atoms with E-state index >= 15 is 0 Å². The molecule has 1 atom stereocenters. The van der Waals surface area contributed by atoms with Gasteiger partial charge in [-0.25, -0.2) is 8.42 Å². The van der Waals surface area contributed by atoms with Gasteiger partial charge in [-0.05, 0) is 54.3 Å². The van der Waals surface area contributed by atoms with Crippen LogP contribution in [0.2, 0.25) is 0 Å². The summed E-state index contributed by atoms with van der Waals surface area (Å²) in [6.07, 6.45) is 1.47. The Morgan fingerprint density at radius 3 is 2.43 bits per heavy atom. The molecule has 0 saturated carbocycles. The highest BCUT2D eigenvalue weighted by molar-refractivity contribution is 7.89. The minimum atomic E-state index is -3.82. The minimum absolute atomic E-state index is 0.0113. The van der Waals surface area contributed by atoms with Crippen molar-refractivity contribution in [3.05, 3.63) is 89.5 Å². The lowest BCUT2D eigenvalue weighted by Gasteiger charge is -2.24. The van der Waals surface area contributed by atoms with E-state index in [1.54, 1.807) is 13.2 Å². The third-order valence-electron chi connectivity index (χ3n) is 6.74. The van der Waals surface area contributed by atoms with Crippen LogP contribution < -0.4 is 9.64 Å². The van der Waals surface area contributed by atoms with E-state index in [9.17, 15) is 18.0 Å². The van der Waals surface area contributed by atoms with Crippen LogP contribution in [0.1, 0.15) is 34.3 Å². The molecule has 1 fully saturated rings. The first-order chi connectivity index (χ1) is 17.9. The molecule has 1 saturated heterocycles. The number of amides is 1. The number of ether oxygens (including phenoxy) is 2. The molecule has 8 nitrogen and oxygen atoms in total. The molecule has 0 bridgehead atoms. The lowest BCUT2D eigenvalue weighted by atomic mass is 10.1. The highest BCUT2D eigenvalue weighted by Gasteiger charge is 2.39. The maximum absolute atomic E-state index is 13.3. The van der Waals surface area contributed by atoms with Crippen LogP contribution in [0.25, 0.3) is 0 Å². The van der Waals surface area contributed by atoms with E-state index < -0.39 is 21.7 Å². The normalized spacial score (nSPS) is 17.9. The molecule has 2 aliphatic heterocycles. The predicted octanol–water partition coefficient (Wildman–Crippen LogP) is 3.79. The SMILES string of the molecule is COC[C@@H]1CCCN1S(=O)(=O)c1ccc2c(c1)C(=O)C(=O)N2Cc1ccc(OCc2ccccc2)cc1. The topological polar surface area (TPSA) is 93.2 Å².